The average molecular weight is 172 g/mol. The summed E-state index contributed by atoms with van der Waals surface area (Å²) in [6.07, 6.45) is 0. The van der Waals surface area contributed by atoms with E-state index in [1.165, 1.54) is 7.05 Å². The number of carboxylic acid groups (broad SMARTS) is 1. The van der Waals surface area contributed by atoms with Crippen LogP contribution in [0.15, 0.2) is 15.4 Å². The molecule has 0 aliphatic rings. The third-order valence-corrected chi connectivity index (χ3v) is 1.36. The quantitative estimate of drug-likeness (QED) is 0.561. The number of rotatable bonds is 3. The van der Waals surface area contributed by atoms with Crippen LogP contribution >= 0.6 is 0 Å². The molecule has 66 valence electrons. The third-order valence-electron chi connectivity index (χ3n) is 1.36. The molecule has 1 aromatic heterocycles. The first-order valence-corrected chi connectivity index (χ1v) is 3.23. The Morgan fingerprint density at radius 1 is 1.83 bits per heavy atom. The van der Waals surface area contributed by atoms with Crippen molar-refractivity contribution in [2.24, 2.45) is 0 Å². The lowest BCUT2D eigenvalue weighted by atomic mass is 10.2. The van der Waals surface area contributed by atoms with E-state index in [-0.39, 0.29) is 5.76 Å². The van der Waals surface area contributed by atoms with Crippen LogP contribution in [0.1, 0.15) is 11.8 Å². The van der Waals surface area contributed by atoms with Crippen molar-refractivity contribution >= 4 is 5.97 Å². The number of hydrogen-bond donors (Lipinski definition) is 3. The zero-order chi connectivity index (χ0) is 9.14. The highest BCUT2D eigenvalue weighted by molar-refractivity contribution is 5.74. The molecule has 1 unspecified atom stereocenters. The van der Waals surface area contributed by atoms with Gasteiger partial charge in [0.2, 0.25) is 0 Å². The minimum atomic E-state index is -1.10. The van der Waals surface area contributed by atoms with Gasteiger partial charge < -0.3 is 14.9 Å². The van der Waals surface area contributed by atoms with Gasteiger partial charge in [0.15, 0.2) is 11.8 Å². The number of aromatic nitrogens is 1. The van der Waals surface area contributed by atoms with E-state index in [9.17, 15) is 9.59 Å². The Labute approximate surface area is 67.2 Å². The number of carboxylic acids is 1. The van der Waals surface area contributed by atoms with Crippen molar-refractivity contribution in [2.45, 2.75) is 6.04 Å². The molecule has 0 amide bonds. The van der Waals surface area contributed by atoms with Crippen molar-refractivity contribution in [2.75, 3.05) is 7.05 Å². The molecule has 0 fully saturated rings. The van der Waals surface area contributed by atoms with Crippen molar-refractivity contribution in [1.29, 1.82) is 0 Å². The lowest BCUT2D eigenvalue weighted by Crippen LogP contribution is -2.24. The minimum Gasteiger partial charge on any atom is -0.480 e. The fourth-order valence-corrected chi connectivity index (χ4v) is 0.827. The van der Waals surface area contributed by atoms with Crippen molar-refractivity contribution in [3.8, 4) is 0 Å². The second-order valence-electron chi connectivity index (χ2n) is 2.18. The molecule has 0 saturated heterocycles. The Balaban J connectivity index is 2.94. The van der Waals surface area contributed by atoms with E-state index in [2.05, 4.69) is 9.84 Å². The monoisotopic (exact) mass is 172 g/mol. The van der Waals surface area contributed by atoms with Crippen molar-refractivity contribution < 1.29 is 14.4 Å². The first kappa shape index (κ1) is 8.54. The summed E-state index contributed by atoms with van der Waals surface area (Å²) in [5, 5.41) is 13.1. The second kappa shape index (κ2) is 3.22. The van der Waals surface area contributed by atoms with Gasteiger partial charge in [-0.2, -0.15) is 5.16 Å². The first-order valence-electron chi connectivity index (χ1n) is 3.23. The Morgan fingerprint density at radius 2 is 2.50 bits per heavy atom. The summed E-state index contributed by atoms with van der Waals surface area (Å²) in [5.74, 6) is -1.03. The number of H-pyrrole nitrogens is 1. The molecule has 0 bridgehead atoms. The fraction of sp³-hybridized carbons (Fsp3) is 0.333. The summed E-state index contributed by atoms with van der Waals surface area (Å²) in [7, 11) is 1.46. The highest BCUT2D eigenvalue weighted by atomic mass is 16.5. The Hall–Kier alpha value is -1.56. The number of nitrogens with one attached hydrogen (secondary N) is 2. The molecular formula is C6H8N2O4. The number of hydrogen-bond acceptors (Lipinski definition) is 4. The molecule has 6 heteroatoms. The predicted molar refractivity (Wildman–Crippen MR) is 38.8 cm³/mol. The Kier molecular flexibility index (Phi) is 2.29. The van der Waals surface area contributed by atoms with Gasteiger partial charge in [-0.15, -0.1) is 0 Å². The summed E-state index contributed by atoms with van der Waals surface area (Å²) in [4.78, 5) is 21.1. The molecule has 0 saturated carbocycles. The lowest BCUT2D eigenvalue weighted by molar-refractivity contribution is -0.140. The molecule has 0 spiro atoms. The van der Waals surface area contributed by atoms with E-state index in [1.54, 1.807) is 0 Å². The molecule has 12 heavy (non-hydrogen) atoms. The van der Waals surface area contributed by atoms with Crippen LogP contribution in [-0.2, 0) is 4.79 Å². The van der Waals surface area contributed by atoms with Gasteiger partial charge in [0.25, 0.3) is 5.56 Å². The number of likely N-dealkylation sites (N-methyl/N-ethyl adjacent to an activating group) is 1. The van der Waals surface area contributed by atoms with Crippen LogP contribution in [-0.4, -0.2) is 23.3 Å². The Bertz CT molecular complexity index is 326. The van der Waals surface area contributed by atoms with Crippen LogP contribution in [0.25, 0.3) is 0 Å². The molecule has 0 aromatic carbocycles. The first-order chi connectivity index (χ1) is 5.65. The summed E-state index contributed by atoms with van der Waals surface area (Å²) in [6, 6.07) is 0.110. The zero-order valence-electron chi connectivity index (χ0n) is 6.33. The van der Waals surface area contributed by atoms with Crippen molar-refractivity contribution in [3.63, 3.8) is 0 Å². The van der Waals surface area contributed by atoms with Crippen molar-refractivity contribution in [3.05, 3.63) is 22.2 Å². The lowest BCUT2D eigenvalue weighted by Gasteiger charge is -2.04. The molecule has 0 radical (unpaired) electrons. The van der Waals surface area contributed by atoms with E-state index in [0.29, 0.717) is 0 Å². The topological polar surface area (TPSA) is 95.3 Å². The van der Waals surface area contributed by atoms with Gasteiger partial charge in [-0.3, -0.25) is 9.59 Å². The maximum absolute atomic E-state index is 10.6. The largest absolute Gasteiger partial charge is 0.480 e. The molecule has 6 nitrogen and oxygen atoms in total. The highest BCUT2D eigenvalue weighted by Crippen LogP contribution is 2.08. The van der Waals surface area contributed by atoms with E-state index in [4.69, 9.17) is 5.11 Å². The summed E-state index contributed by atoms with van der Waals surface area (Å²) in [6.45, 7) is 0. The van der Waals surface area contributed by atoms with Gasteiger partial charge in [0.1, 0.15) is 0 Å². The third kappa shape index (κ3) is 1.54. The molecule has 3 N–H and O–H groups in total. The van der Waals surface area contributed by atoms with Gasteiger partial charge >= 0.3 is 5.97 Å². The Morgan fingerprint density at radius 3 is 2.83 bits per heavy atom. The average Bonchev–Trinajstić information content (AvgIpc) is 2.37. The van der Waals surface area contributed by atoms with Crippen LogP contribution in [0.3, 0.4) is 0 Å². The van der Waals surface area contributed by atoms with Gasteiger partial charge in [-0.1, -0.05) is 0 Å². The molecule has 1 rings (SSSR count). The maximum atomic E-state index is 10.6. The second-order valence-corrected chi connectivity index (χ2v) is 2.18. The van der Waals surface area contributed by atoms with E-state index >= 15 is 0 Å². The van der Waals surface area contributed by atoms with Crippen LogP contribution in [0.4, 0.5) is 0 Å². The number of carbonyl (C=O) groups is 1. The standard InChI is InChI=1S/C6H8N2O4/c1-7-5(6(10)11)3-2-4(9)8-12-3/h2,5,7H,1H3,(H,8,9)(H,10,11). The van der Waals surface area contributed by atoms with Gasteiger partial charge in [0, 0.05) is 6.07 Å². The number of aliphatic carboxylic acids is 1. The van der Waals surface area contributed by atoms with E-state index in [1.807, 2.05) is 5.16 Å². The van der Waals surface area contributed by atoms with Crippen LogP contribution in [0, 0.1) is 0 Å². The normalized spacial score (nSPS) is 12.8. The predicted octanol–water partition coefficient (Wildman–Crippen LogP) is -0.687. The SMILES string of the molecule is CNC(C(=O)O)c1cc(=O)[nH]o1. The van der Waals surface area contributed by atoms with Crippen LogP contribution in [0.2, 0.25) is 0 Å². The highest BCUT2D eigenvalue weighted by Gasteiger charge is 2.21. The molecule has 1 aromatic rings. The molecule has 1 atom stereocenters. The number of aromatic amines is 1. The molecule has 1 heterocycles. The van der Waals surface area contributed by atoms with E-state index in [0.717, 1.165) is 6.07 Å². The van der Waals surface area contributed by atoms with Gasteiger partial charge in [-0.05, 0) is 7.05 Å². The van der Waals surface area contributed by atoms with E-state index < -0.39 is 17.6 Å². The molecular weight excluding hydrogens is 164 g/mol. The van der Waals surface area contributed by atoms with Crippen LogP contribution < -0.4 is 10.9 Å². The molecule has 0 aliphatic carbocycles. The minimum absolute atomic E-state index is 0.0648. The fourth-order valence-electron chi connectivity index (χ4n) is 0.827. The zero-order valence-corrected chi connectivity index (χ0v) is 6.33. The van der Waals surface area contributed by atoms with Gasteiger partial charge in [0.05, 0.1) is 0 Å². The molecule has 0 aliphatic heterocycles. The maximum Gasteiger partial charge on any atom is 0.328 e. The summed E-state index contributed by atoms with van der Waals surface area (Å²) < 4.78 is 4.60. The summed E-state index contributed by atoms with van der Waals surface area (Å²) in [5.41, 5.74) is -0.452. The smallest absolute Gasteiger partial charge is 0.328 e. The van der Waals surface area contributed by atoms with Crippen molar-refractivity contribution in [1.82, 2.24) is 10.5 Å². The van der Waals surface area contributed by atoms with Gasteiger partial charge in [-0.25, -0.2) is 0 Å². The summed E-state index contributed by atoms with van der Waals surface area (Å²) >= 11 is 0. The van der Waals surface area contributed by atoms with Crippen LogP contribution in [0.5, 0.6) is 0 Å².